The molecule has 142 valence electrons. The van der Waals surface area contributed by atoms with Gasteiger partial charge >= 0.3 is 6.09 Å². The number of hydrogen-bond acceptors (Lipinski definition) is 4. The van der Waals surface area contributed by atoms with Crippen molar-refractivity contribution in [1.29, 1.82) is 0 Å². The summed E-state index contributed by atoms with van der Waals surface area (Å²) in [6.45, 7) is 0. The van der Waals surface area contributed by atoms with Gasteiger partial charge in [0.25, 0.3) is 0 Å². The Kier molecular flexibility index (Phi) is 4.22. The highest BCUT2D eigenvalue weighted by atomic mass is 16.6. The van der Waals surface area contributed by atoms with Gasteiger partial charge in [-0.1, -0.05) is 0 Å². The normalized spacial score (nSPS) is 23.9. The van der Waals surface area contributed by atoms with Gasteiger partial charge in [0.15, 0.2) is 0 Å². The van der Waals surface area contributed by atoms with Crippen molar-refractivity contribution in [3.63, 3.8) is 0 Å². The van der Waals surface area contributed by atoms with Crippen LogP contribution in [0.15, 0.2) is 24.8 Å². The topological polar surface area (TPSA) is 84.8 Å². The Balaban J connectivity index is 1.25. The molecule has 3 heterocycles. The summed E-state index contributed by atoms with van der Waals surface area (Å²) in [5.74, 6) is 0. The lowest BCUT2D eigenvalue weighted by Crippen LogP contribution is -2.39. The third kappa shape index (κ3) is 3.15. The molecule has 0 spiro atoms. The van der Waals surface area contributed by atoms with Gasteiger partial charge in [-0.25, -0.2) is 14.8 Å². The Labute approximate surface area is 157 Å². The van der Waals surface area contributed by atoms with Crippen molar-refractivity contribution in [3.05, 3.63) is 24.8 Å². The number of aromatic nitrogens is 4. The summed E-state index contributed by atoms with van der Waals surface area (Å²) in [5, 5.41) is 4.19. The van der Waals surface area contributed by atoms with Crippen molar-refractivity contribution in [2.75, 3.05) is 0 Å². The van der Waals surface area contributed by atoms with Crippen LogP contribution in [0, 0.1) is 0 Å². The molecule has 2 saturated carbocycles. The fourth-order valence-electron chi connectivity index (χ4n) is 4.66. The molecule has 27 heavy (non-hydrogen) atoms. The monoisotopic (exact) mass is 367 g/mol. The predicted octanol–water partition coefficient (Wildman–Crippen LogP) is 4.07. The largest absolute Gasteiger partial charge is 0.446 e. The second-order valence-electron chi connectivity index (χ2n) is 7.85. The van der Waals surface area contributed by atoms with E-state index in [0.29, 0.717) is 6.04 Å². The predicted molar refractivity (Wildman–Crippen MR) is 103 cm³/mol. The summed E-state index contributed by atoms with van der Waals surface area (Å²) in [6, 6.07) is 2.67. The number of pyridine rings is 1. The molecule has 3 aromatic rings. The number of nitrogens with zero attached hydrogens (tertiary/aromatic N) is 3. The van der Waals surface area contributed by atoms with Crippen LogP contribution in [0.2, 0.25) is 0 Å². The van der Waals surface area contributed by atoms with Gasteiger partial charge in [-0.05, 0) is 57.4 Å². The van der Waals surface area contributed by atoms with Crippen LogP contribution in [-0.4, -0.2) is 37.8 Å². The minimum absolute atomic E-state index is 0.121. The fourth-order valence-corrected chi connectivity index (χ4v) is 4.66. The zero-order valence-electron chi connectivity index (χ0n) is 15.4. The summed E-state index contributed by atoms with van der Waals surface area (Å²) >= 11 is 0. The first-order valence-corrected chi connectivity index (χ1v) is 10.0. The van der Waals surface area contributed by atoms with Crippen molar-refractivity contribution in [3.8, 4) is 0 Å². The number of carbonyl (C=O) groups is 1. The molecule has 2 aliphatic rings. The van der Waals surface area contributed by atoms with E-state index >= 15 is 0 Å². The third-order valence-electron chi connectivity index (χ3n) is 6.11. The van der Waals surface area contributed by atoms with Crippen LogP contribution >= 0.6 is 0 Å². The summed E-state index contributed by atoms with van der Waals surface area (Å²) < 4.78 is 7.83. The molecule has 0 radical (unpaired) electrons. The molecule has 7 nitrogen and oxygen atoms in total. The Morgan fingerprint density at radius 1 is 1.15 bits per heavy atom. The summed E-state index contributed by atoms with van der Waals surface area (Å²) in [7, 11) is 0. The van der Waals surface area contributed by atoms with Crippen LogP contribution in [-0.2, 0) is 4.74 Å². The maximum atomic E-state index is 12.1. The van der Waals surface area contributed by atoms with E-state index in [2.05, 4.69) is 30.9 Å². The lowest BCUT2D eigenvalue weighted by atomic mass is 9.91. The summed E-state index contributed by atoms with van der Waals surface area (Å²) in [5.41, 5.74) is 2.98. The quantitative estimate of drug-likeness (QED) is 0.731. The Bertz CT molecular complexity index is 948. The highest BCUT2D eigenvalue weighted by Crippen LogP contribution is 2.33. The van der Waals surface area contributed by atoms with E-state index in [4.69, 9.17) is 4.74 Å². The second-order valence-corrected chi connectivity index (χ2v) is 7.85. The molecular formula is C20H25N5O2. The number of hydrogen-bond donors (Lipinski definition) is 2. The highest BCUT2D eigenvalue weighted by molar-refractivity contribution is 6.00. The molecule has 0 bridgehead atoms. The number of fused-ring (bicyclic) bond motifs is 3. The molecule has 2 fully saturated rings. The van der Waals surface area contributed by atoms with Crippen LogP contribution in [0.3, 0.4) is 0 Å². The van der Waals surface area contributed by atoms with Crippen molar-refractivity contribution in [2.24, 2.45) is 0 Å². The van der Waals surface area contributed by atoms with E-state index in [9.17, 15) is 4.79 Å². The number of aromatic amines is 1. The minimum Gasteiger partial charge on any atom is -0.446 e. The van der Waals surface area contributed by atoms with Gasteiger partial charge in [0, 0.05) is 23.7 Å². The van der Waals surface area contributed by atoms with E-state index in [1.807, 2.05) is 18.7 Å². The van der Waals surface area contributed by atoms with Gasteiger partial charge in [0.05, 0.1) is 18.0 Å². The smallest absolute Gasteiger partial charge is 0.407 e. The summed E-state index contributed by atoms with van der Waals surface area (Å²) in [6.07, 6.45) is 13.9. The molecule has 0 saturated heterocycles. The molecule has 2 N–H and O–H groups in total. The molecule has 0 aliphatic heterocycles. The molecule has 2 aliphatic carbocycles. The van der Waals surface area contributed by atoms with Crippen LogP contribution in [0.1, 0.15) is 57.4 Å². The number of carbonyl (C=O) groups excluding carboxylic acids is 1. The molecule has 3 aromatic heterocycles. The number of amides is 1. The van der Waals surface area contributed by atoms with Crippen molar-refractivity contribution < 1.29 is 9.53 Å². The number of rotatable bonds is 3. The first-order chi connectivity index (χ1) is 13.3. The molecule has 0 aromatic carbocycles. The molecule has 1 amide bonds. The fraction of sp³-hybridized carbons (Fsp3) is 0.550. The lowest BCUT2D eigenvalue weighted by Gasteiger charge is -2.30. The van der Waals surface area contributed by atoms with Crippen molar-refractivity contribution in [2.45, 2.75) is 69.6 Å². The average Bonchev–Trinajstić information content (AvgIpc) is 3.41. The number of alkyl carbamates (subject to hydrolysis) is 1. The average molecular weight is 367 g/mol. The molecular weight excluding hydrogens is 342 g/mol. The highest BCUT2D eigenvalue weighted by Gasteiger charge is 2.27. The number of imidazole rings is 1. The first kappa shape index (κ1) is 16.6. The summed E-state index contributed by atoms with van der Waals surface area (Å²) in [4.78, 5) is 24.3. The van der Waals surface area contributed by atoms with Crippen LogP contribution in [0.25, 0.3) is 22.1 Å². The van der Waals surface area contributed by atoms with Gasteiger partial charge in [0.1, 0.15) is 17.3 Å². The SMILES string of the molecule is O=C(NC1CCC(n2cnc3cnc4[nH]ccc4c32)CC1)OC1CCCC1. The number of H-pyrrole nitrogens is 1. The minimum atomic E-state index is -0.237. The maximum Gasteiger partial charge on any atom is 0.407 e. The standard InChI is InChI=1S/C20H25N5O2/c26-20(27-15-3-1-2-4-15)24-13-5-7-14(8-6-13)25-12-23-17-11-22-19-16(18(17)25)9-10-21-19/h9-15H,1-8H2,(H,21,22)(H,24,26). The van der Waals surface area contributed by atoms with Crippen LogP contribution in [0.5, 0.6) is 0 Å². The van der Waals surface area contributed by atoms with Crippen LogP contribution < -0.4 is 5.32 Å². The molecule has 7 heteroatoms. The van der Waals surface area contributed by atoms with Gasteiger partial charge in [-0.2, -0.15) is 0 Å². The lowest BCUT2D eigenvalue weighted by molar-refractivity contribution is 0.0951. The van der Waals surface area contributed by atoms with Gasteiger partial charge < -0.3 is 19.6 Å². The number of ether oxygens (including phenoxy) is 1. The number of nitrogens with one attached hydrogen (secondary N) is 2. The second kappa shape index (κ2) is 6.87. The van der Waals surface area contributed by atoms with E-state index in [-0.39, 0.29) is 18.2 Å². The Morgan fingerprint density at radius 3 is 2.78 bits per heavy atom. The van der Waals surface area contributed by atoms with Gasteiger partial charge in [-0.3, -0.25) is 0 Å². The Morgan fingerprint density at radius 2 is 1.96 bits per heavy atom. The maximum absolute atomic E-state index is 12.1. The first-order valence-electron chi connectivity index (χ1n) is 10.0. The van der Waals surface area contributed by atoms with Gasteiger partial charge in [0.2, 0.25) is 0 Å². The van der Waals surface area contributed by atoms with E-state index in [1.54, 1.807) is 0 Å². The van der Waals surface area contributed by atoms with E-state index in [1.165, 1.54) is 12.8 Å². The zero-order valence-corrected chi connectivity index (χ0v) is 15.4. The van der Waals surface area contributed by atoms with E-state index < -0.39 is 0 Å². The van der Waals surface area contributed by atoms with Gasteiger partial charge in [-0.15, -0.1) is 0 Å². The van der Waals surface area contributed by atoms with E-state index in [0.717, 1.165) is 60.6 Å². The zero-order chi connectivity index (χ0) is 18.2. The van der Waals surface area contributed by atoms with Crippen molar-refractivity contribution >= 4 is 28.2 Å². The molecule has 0 atom stereocenters. The van der Waals surface area contributed by atoms with Crippen LogP contribution in [0.4, 0.5) is 4.79 Å². The molecule has 5 rings (SSSR count). The third-order valence-corrected chi connectivity index (χ3v) is 6.11. The van der Waals surface area contributed by atoms with Crippen molar-refractivity contribution in [1.82, 2.24) is 24.8 Å². The molecule has 0 unspecified atom stereocenters. The Hall–Kier alpha value is -2.57.